The van der Waals surface area contributed by atoms with Crippen molar-refractivity contribution in [3.8, 4) is 0 Å². The van der Waals surface area contributed by atoms with Crippen LogP contribution in [0, 0.1) is 0 Å². The lowest BCUT2D eigenvalue weighted by molar-refractivity contribution is 0.102. The van der Waals surface area contributed by atoms with E-state index in [-0.39, 0.29) is 21.2 Å². The number of hydrogen-bond donors (Lipinski definition) is 2. The third-order valence-corrected chi connectivity index (χ3v) is 5.89. The van der Waals surface area contributed by atoms with Crippen molar-refractivity contribution < 1.29 is 13.2 Å². The standard InChI is InChI=1S/C13H9ClN4O3S2/c14-8-1-3-9(4-2-8)23(20,21)12-7-22-6-11(12)16-13(19)10-5-15-18-17-10/h1-7H,(H,16,19)(H,15,17,18). The van der Waals surface area contributed by atoms with Crippen molar-refractivity contribution in [2.45, 2.75) is 9.79 Å². The minimum absolute atomic E-state index is 0.0154. The van der Waals surface area contributed by atoms with Crippen LogP contribution in [0.15, 0.2) is 51.0 Å². The van der Waals surface area contributed by atoms with Gasteiger partial charge in [-0.25, -0.2) is 8.42 Å². The van der Waals surface area contributed by atoms with Gasteiger partial charge in [-0.1, -0.05) is 11.6 Å². The lowest BCUT2D eigenvalue weighted by Crippen LogP contribution is -2.14. The number of nitrogens with zero attached hydrogens (tertiary/aromatic N) is 2. The number of aromatic amines is 1. The van der Waals surface area contributed by atoms with Gasteiger partial charge >= 0.3 is 0 Å². The van der Waals surface area contributed by atoms with Crippen LogP contribution in [0.4, 0.5) is 5.69 Å². The van der Waals surface area contributed by atoms with E-state index in [1.54, 1.807) is 5.38 Å². The summed E-state index contributed by atoms with van der Waals surface area (Å²) in [6, 6.07) is 5.82. The van der Waals surface area contributed by atoms with Gasteiger partial charge in [0.1, 0.15) is 4.90 Å². The zero-order chi connectivity index (χ0) is 16.4. The monoisotopic (exact) mass is 368 g/mol. The first-order valence-corrected chi connectivity index (χ1v) is 9.03. The largest absolute Gasteiger partial charge is 0.319 e. The highest BCUT2D eigenvalue weighted by Crippen LogP contribution is 2.31. The van der Waals surface area contributed by atoms with Gasteiger partial charge in [0.05, 0.1) is 16.8 Å². The van der Waals surface area contributed by atoms with Crippen LogP contribution in [-0.4, -0.2) is 29.7 Å². The number of carbonyl (C=O) groups excluding carboxylic acids is 1. The summed E-state index contributed by atoms with van der Waals surface area (Å²) < 4.78 is 25.3. The maximum Gasteiger partial charge on any atom is 0.277 e. The average Bonchev–Trinajstić information content (AvgIpc) is 3.19. The predicted octanol–water partition coefficient (Wildman–Crippen LogP) is 2.60. The molecule has 0 saturated heterocycles. The fourth-order valence-corrected chi connectivity index (χ4v) is 4.49. The lowest BCUT2D eigenvalue weighted by atomic mass is 10.4. The number of carbonyl (C=O) groups is 1. The molecule has 0 atom stereocenters. The predicted molar refractivity (Wildman–Crippen MR) is 85.6 cm³/mol. The Balaban J connectivity index is 1.94. The highest BCUT2D eigenvalue weighted by atomic mass is 35.5. The Labute approximate surface area is 140 Å². The van der Waals surface area contributed by atoms with Crippen molar-refractivity contribution >= 4 is 44.4 Å². The van der Waals surface area contributed by atoms with Gasteiger partial charge in [-0.2, -0.15) is 15.4 Å². The number of benzene rings is 1. The van der Waals surface area contributed by atoms with Crippen LogP contribution in [-0.2, 0) is 9.84 Å². The van der Waals surface area contributed by atoms with Crippen LogP contribution in [0.1, 0.15) is 10.5 Å². The number of halogens is 1. The molecule has 118 valence electrons. The van der Waals surface area contributed by atoms with Gasteiger partial charge in [0.15, 0.2) is 5.69 Å². The second kappa shape index (κ2) is 6.11. The number of thiophene rings is 1. The van der Waals surface area contributed by atoms with Gasteiger partial charge in [-0.3, -0.25) is 4.79 Å². The number of H-pyrrole nitrogens is 1. The average molecular weight is 369 g/mol. The number of hydrogen-bond acceptors (Lipinski definition) is 6. The van der Waals surface area contributed by atoms with E-state index in [4.69, 9.17) is 11.6 Å². The molecule has 2 aromatic heterocycles. The van der Waals surface area contributed by atoms with Crippen molar-refractivity contribution in [2.75, 3.05) is 5.32 Å². The van der Waals surface area contributed by atoms with E-state index in [1.807, 2.05) is 0 Å². The number of rotatable bonds is 4. The maximum atomic E-state index is 12.7. The highest BCUT2D eigenvalue weighted by Gasteiger charge is 2.24. The normalized spacial score (nSPS) is 11.3. The van der Waals surface area contributed by atoms with Crippen LogP contribution in [0.2, 0.25) is 5.02 Å². The Hall–Kier alpha value is -2.23. The second-order valence-corrected chi connectivity index (χ2v) is 7.51. The SMILES string of the molecule is O=C(Nc1cscc1S(=O)(=O)c1ccc(Cl)cc1)c1cn[nH]n1. The molecule has 0 aliphatic carbocycles. The quantitative estimate of drug-likeness (QED) is 0.736. The topological polar surface area (TPSA) is 105 Å². The summed E-state index contributed by atoms with van der Waals surface area (Å²) in [4.78, 5) is 12.1. The van der Waals surface area contributed by atoms with E-state index >= 15 is 0 Å². The molecule has 23 heavy (non-hydrogen) atoms. The molecule has 0 unspecified atom stereocenters. The van der Waals surface area contributed by atoms with Gasteiger partial charge in [0, 0.05) is 15.8 Å². The summed E-state index contributed by atoms with van der Waals surface area (Å²) in [5.74, 6) is -0.551. The second-order valence-electron chi connectivity index (χ2n) is 4.42. The Morgan fingerprint density at radius 3 is 2.61 bits per heavy atom. The maximum absolute atomic E-state index is 12.7. The number of anilines is 1. The smallest absolute Gasteiger partial charge is 0.277 e. The molecular weight excluding hydrogens is 360 g/mol. The van der Waals surface area contributed by atoms with Crippen molar-refractivity contribution in [3.05, 3.63) is 51.9 Å². The van der Waals surface area contributed by atoms with Crippen LogP contribution < -0.4 is 5.32 Å². The Morgan fingerprint density at radius 1 is 1.22 bits per heavy atom. The molecule has 0 aliphatic heterocycles. The fourth-order valence-electron chi connectivity index (χ4n) is 1.82. The summed E-state index contributed by atoms with van der Waals surface area (Å²) in [7, 11) is -3.76. The Morgan fingerprint density at radius 2 is 1.96 bits per heavy atom. The molecule has 2 N–H and O–H groups in total. The fraction of sp³-hybridized carbons (Fsp3) is 0. The number of amides is 1. The summed E-state index contributed by atoms with van der Waals surface area (Å²) in [5.41, 5.74) is 0.254. The molecule has 10 heteroatoms. The molecule has 0 radical (unpaired) electrons. The molecule has 0 bridgehead atoms. The van der Waals surface area contributed by atoms with E-state index in [0.717, 1.165) is 0 Å². The molecule has 0 saturated carbocycles. The minimum atomic E-state index is -3.76. The van der Waals surface area contributed by atoms with Gasteiger partial charge in [-0.15, -0.1) is 11.3 Å². The van der Waals surface area contributed by atoms with Crippen molar-refractivity contribution in [1.29, 1.82) is 0 Å². The van der Waals surface area contributed by atoms with Crippen LogP contribution in [0.3, 0.4) is 0 Å². The van der Waals surface area contributed by atoms with E-state index in [2.05, 4.69) is 20.7 Å². The molecule has 0 spiro atoms. The summed E-state index contributed by atoms with van der Waals surface area (Å²) >= 11 is 6.94. The van der Waals surface area contributed by atoms with Crippen LogP contribution in [0.25, 0.3) is 0 Å². The minimum Gasteiger partial charge on any atom is -0.319 e. The van der Waals surface area contributed by atoms with Crippen molar-refractivity contribution in [3.63, 3.8) is 0 Å². The third-order valence-electron chi connectivity index (χ3n) is 2.94. The van der Waals surface area contributed by atoms with Crippen molar-refractivity contribution in [2.24, 2.45) is 0 Å². The van der Waals surface area contributed by atoms with Crippen LogP contribution >= 0.6 is 22.9 Å². The molecule has 7 nitrogen and oxygen atoms in total. The Kier molecular flexibility index (Phi) is 4.16. The van der Waals surface area contributed by atoms with E-state index < -0.39 is 15.7 Å². The molecule has 3 aromatic rings. The van der Waals surface area contributed by atoms with Gasteiger partial charge in [0.25, 0.3) is 5.91 Å². The molecule has 1 amide bonds. The first kappa shape index (κ1) is 15.7. The van der Waals surface area contributed by atoms with Gasteiger partial charge in [0.2, 0.25) is 9.84 Å². The molecule has 0 aliphatic rings. The van der Waals surface area contributed by atoms with E-state index in [0.29, 0.717) is 5.02 Å². The first-order valence-electron chi connectivity index (χ1n) is 6.22. The van der Waals surface area contributed by atoms with Gasteiger partial charge in [-0.05, 0) is 24.3 Å². The van der Waals surface area contributed by atoms with E-state index in [1.165, 1.54) is 47.2 Å². The molecule has 1 aromatic carbocycles. The number of aromatic nitrogens is 3. The molecule has 3 rings (SSSR count). The van der Waals surface area contributed by atoms with Crippen LogP contribution in [0.5, 0.6) is 0 Å². The van der Waals surface area contributed by atoms with Crippen molar-refractivity contribution in [1.82, 2.24) is 15.4 Å². The van der Waals surface area contributed by atoms with Gasteiger partial charge < -0.3 is 5.32 Å². The molecular formula is C13H9ClN4O3S2. The zero-order valence-corrected chi connectivity index (χ0v) is 13.7. The summed E-state index contributed by atoms with van der Waals surface area (Å²) in [6.45, 7) is 0. The highest BCUT2D eigenvalue weighted by molar-refractivity contribution is 7.91. The summed E-state index contributed by atoms with van der Waals surface area (Å²) in [6.07, 6.45) is 1.25. The van der Waals surface area contributed by atoms with E-state index in [9.17, 15) is 13.2 Å². The molecule has 0 fully saturated rings. The number of sulfone groups is 1. The Bertz CT molecular complexity index is 934. The summed E-state index contributed by atoms with van der Waals surface area (Å²) in [5, 5.41) is 15.5. The molecule has 2 heterocycles. The third kappa shape index (κ3) is 3.11. The lowest BCUT2D eigenvalue weighted by Gasteiger charge is -2.07. The number of nitrogens with one attached hydrogen (secondary N) is 2. The zero-order valence-electron chi connectivity index (χ0n) is 11.4. The first-order chi connectivity index (χ1) is 11.0.